The Bertz CT molecular complexity index is 1280. The second-order valence-corrected chi connectivity index (χ2v) is 18.4. The first-order chi connectivity index (χ1) is 14.9. The fourth-order valence-corrected chi connectivity index (χ4v) is 3.42. The molecule has 6 nitrogen and oxygen atoms in total. The van der Waals surface area contributed by atoms with Gasteiger partial charge in [0.2, 0.25) is 0 Å². The molecule has 0 spiro atoms. The number of hydrogen-bond acceptors (Lipinski definition) is 4. The molecule has 0 radical (unpaired) electrons. The normalized spacial score (nSPS) is 10.7. The SMILES string of the molecule is C#Cc1c(C#C[Si](C)(C)C)[nH]c(/N=N/c2[nH]c(C#C[Si](C)(C)C)c(C#C)c2C#N)c1C#N. The monoisotopic (exact) mass is 450 g/mol. The number of azo groups is 1. The number of terminal acetylenes is 2. The lowest BCUT2D eigenvalue weighted by Gasteiger charge is -2.02. The van der Waals surface area contributed by atoms with Gasteiger partial charge in [-0.15, -0.1) is 34.2 Å². The molecule has 0 aliphatic carbocycles. The molecule has 2 heterocycles. The molecule has 0 saturated carbocycles. The standard InChI is InChI=1S/C24H22N6Si2/c1-9-17-19(15-25)23(27-21(17)11-13-31(3,4)5)29-30-24-20(16-26)18(10-2)22(28-24)12-14-32(6,7)8/h1-2,27-28H,3-8H3/b30-29+. The van der Waals surface area contributed by atoms with E-state index in [4.69, 9.17) is 12.8 Å². The minimum absolute atomic E-state index is 0.163. The van der Waals surface area contributed by atoms with Gasteiger partial charge < -0.3 is 9.97 Å². The molecule has 2 aromatic heterocycles. The molecule has 0 aromatic carbocycles. The minimum atomic E-state index is -1.66. The highest BCUT2D eigenvalue weighted by Crippen LogP contribution is 2.29. The third-order valence-electron chi connectivity index (χ3n) is 3.85. The van der Waals surface area contributed by atoms with Crippen LogP contribution in [0.15, 0.2) is 10.2 Å². The van der Waals surface area contributed by atoms with Crippen LogP contribution in [-0.4, -0.2) is 26.1 Å². The zero-order chi connectivity index (χ0) is 24.1. The van der Waals surface area contributed by atoms with Crippen LogP contribution in [0.25, 0.3) is 0 Å². The highest BCUT2D eigenvalue weighted by atomic mass is 28.3. The summed E-state index contributed by atoms with van der Waals surface area (Å²) in [6.07, 6.45) is 11.2. The number of hydrogen-bond donors (Lipinski definition) is 2. The summed E-state index contributed by atoms with van der Waals surface area (Å²) in [4.78, 5) is 5.95. The van der Waals surface area contributed by atoms with Crippen LogP contribution in [0.2, 0.25) is 39.3 Å². The molecule has 0 aliphatic rings. The largest absolute Gasteiger partial charge is 0.330 e. The average Bonchev–Trinajstić information content (AvgIpc) is 3.24. The molecule has 0 bridgehead atoms. The van der Waals surface area contributed by atoms with Crippen molar-refractivity contribution in [2.24, 2.45) is 10.2 Å². The van der Waals surface area contributed by atoms with Gasteiger partial charge in [0, 0.05) is 0 Å². The summed E-state index contributed by atoms with van der Waals surface area (Å²) in [6.45, 7) is 12.6. The van der Waals surface area contributed by atoms with Gasteiger partial charge in [-0.2, -0.15) is 10.5 Å². The van der Waals surface area contributed by atoms with Crippen LogP contribution in [0, 0.1) is 70.3 Å². The topological polar surface area (TPSA) is 104 Å². The van der Waals surface area contributed by atoms with Crippen molar-refractivity contribution in [1.82, 2.24) is 9.97 Å². The van der Waals surface area contributed by atoms with Crippen molar-refractivity contribution in [2.75, 3.05) is 0 Å². The molecule has 2 N–H and O–H groups in total. The van der Waals surface area contributed by atoms with E-state index in [1.165, 1.54) is 0 Å². The van der Waals surface area contributed by atoms with Crippen molar-refractivity contribution in [2.45, 2.75) is 39.3 Å². The van der Waals surface area contributed by atoms with Gasteiger partial charge in [0.15, 0.2) is 11.6 Å². The molecule has 8 heteroatoms. The molecule has 2 aromatic rings. The fraction of sp³-hybridized carbons (Fsp3) is 0.250. The van der Waals surface area contributed by atoms with Crippen LogP contribution in [0.4, 0.5) is 11.6 Å². The Labute approximate surface area is 191 Å². The van der Waals surface area contributed by atoms with Crippen molar-refractivity contribution >= 4 is 27.8 Å². The van der Waals surface area contributed by atoms with Crippen molar-refractivity contribution in [1.29, 1.82) is 10.5 Å². The van der Waals surface area contributed by atoms with Gasteiger partial charge in [0.05, 0.1) is 11.1 Å². The number of H-pyrrole nitrogens is 2. The Morgan fingerprint density at radius 3 is 1.25 bits per heavy atom. The van der Waals surface area contributed by atoms with Gasteiger partial charge in [-0.05, 0) is 0 Å². The number of aromatic nitrogens is 2. The Hall–Kier alpha value is -4.19. The first-order valence-corrected chi connectivity index (χ1v) is 16.7. The van der Waals surface area contributed by atoms with Gasteiger partial charge in [-0.1, -0.05) is 63.0 Å². The lowest BCUT2D eigenvalue weighted by molar-refractivity contribution is 1.13. The van der Waals surface area contributed by atoms with Crippen molar-refractivity contribution in [3.8, 4) is 59.8 Å². The van der Waals surface area contributed by atoms with Crippen LogP contribution >= 0.6 is 0 Å². The van der Waals surface area contributed by atoms with E-state index in [-0.39, 0.29) is 22.8 Å². The zero-order valence-corrected chi connectivity index (χ0v) is 20.9. The van der Waals surface area contributed by atoms with E-state index in [1.807, 2.05) is 0 Å². The van der Waals surface area contributed by atoms with E-state index in [9.17, 15) is 10.5 Å². The smallest absolute Gasteiger partial charge is 0.172 e. The second kappa shape index (κ2) is 9.31. The Morgan fingerprint density at radius 2 is 1.00 bits per heavy atom. The maximum absolute atomic E-state index is 9.59. The lowest BCUT2D eigenvalue weighted by atomic mass is 10.1. The maximum Gasteiger partial charge on any atom is 0.172 e. The van der Waals surface area contributed by atoms with E-state index in [2.05, 4.69) is 106 Å². The summed E-state index contributed by atoms with van der Waals surface area (Å²) < 4.78 is 0. The lowest BCUT2D eigenvalue weighted by Crippen LogP contribution is -2.16. The molecule has 0 fully saturated rings. The Kier molecular flexibility index (Phi) is 7.01. The van der Waals surface area contributed by atoms with Crippen LogP contribution in [0.3, 0.4) is 0 Å². The zero-order valence-electron chi connectivity index (χ0n) is 18.9. The molecule has 0 saturated heterocycles. The number of nitrogens with zero attached hydrogens (tertiary/aromatic N) is 4. The third-order valence-corrected chi connectivity index (χ3v) is 5.60. The van der Waals surface area contributed by atoms with Crippen LogP contribution in [0.5, 0.6) is 0 Å². The average molecular weight is 451 g/mol. The van der Waals surface area contributed by atoms with Crippen LogP contribution in [0.1, 0.15) is 33.6 Å². The highest BCUT2D eigenvalue weighted by Gasteiger charge is 2.18. The molecule has 0 atom stereocenters. The Balaban J connectivity index is 2.61. The summed E-state index contributed by atoms with van der Waals surface area (Å²) in [7, 11) is -3.33. The molecule has 0 unspecified atom stereocenters. The van der Waals surface area contributed by atoms with E-state index in [1.54, 1.807) is 0 Å². The second-order valence-electron chi connectivity index (χ2n) is 8.91. The number of nitrogens with one attached hydrogen (secondary N) is 2. The molecular weight excluding hydrogens is 428 g/mol. The van der Waals surface area contributed by atoms with E-state index in [0.29, 0.717) is 22.5 Å². The predicted molar refractivity (Wildman–Crippen MR) is 132 cm³/mol. The first-order valence-electron chi connectivity index (χ1n) is 9.67. The maximum atomic E-state index is 9.59. The summed E-state index contributed by atoms with van der Waals surface area (Å²) in [5, 5.41) is 27.5. The summed E-state index contributed by atoms with van der Waals surface area (Å²) >= 11 is 0. The highest BCUT2D eigenvalue weighted by molar-refractivity contribution is 6.84. The van der Waals surface area contributed by atoms with Gasteiger partial charge in [-0.25, -0.2) is 0 Å². The molecule has 32 heavy (non-hydrogen) atoms. The minimum Gasteiger partial charge on any atom is -0.330 e. The Morgan fingerprint density at radius 1 is 0.656 bits per heavy atom. The summed E-state index contributed by atoms with van der Waals surface area (Å²) in [5.41, 5.74) is 8.31. The van der Waals surface area contributed by atoms with Gasteiger partial charge >= 0.3 is 0 Å². The van der Waals surface area contributed by atoms with Crippen LogP contribution in [-0.2, 0) is 0 Å². The molecule has 156 valence electrons. The number of rotatable bonds is 2. The molecule has 0 aliphatic heterocycles. The van der Waals surface area contributed by atoms with Gasteiger partial charge in [0.25, 0.3) is 0 Å². The first kappa shape index (κ1) is 24.1. The number of aromatic amines is 2. The van der Waals surface area contributed by atoms with Crippen molar-refractivity contribution in [3.63, 3.8) is 0 Å². The van der Waals surface area contributed by atoms with Crippen molar-refractivity contribution < 1.29 is 0 Å². The van der Waals surface area contributed by atoms with Gasteiger partial charge in [-0.3, -0.25) is 0 Å². The molecule has 0 amide bonds. The van der Waals surface area contributed by atoms with E-state index < -0.39 is 16.1 Å². The van der Waals surface area contributed by atoms with Crippen LogP contribution < -0.4 is 0 Å². The third kappa shape index (κ3) is 5.70. The molecular formula is C24H22N6Si2. The van der Waals surface area contributed by atoms with Gasteiger partial charge in [0.1, 0.15) is 50.8 Å². The summed E-state index contributed by atoms with van der Waals surface area (Å²) in [6, 6.07) is 4.11. The number of nitriles is 2. The summed E-state index contributed by atoms with van der Waals surface area (Å²) in [5.74, 6) is 11.4. The fourth-order valence-electron chi connectivity index (χ4n) is 2.42. The van der Waals surface area contributed by atoms with E-state index >= 15 is 0 Å². The quantitative estimate of drug-likeness (QED) is 0.385. The molecule has 2 rings (SSSR count). The van der Waals surface area contributed by atoms with E-state index in [0.717, 1.165) is 0 Å². The predicted octanol–water partition coefficient (Wildman–Crippen LogP) is 4.92. The van der Waals surface area contributed by atoms with Crippen molar-refractivity contribution in [3.05, 3.63) is 33.6 Å².